The number of benzene rings is 3. The molecule has 0 spiro atoms. The van der Waals surface area contributed by atoms with E-state index in [-0.39, 0.29) is 11.9 Å². The number of amides is 1. The van der Waals surface area contributed by atoms with Crippen molar-refractivity contribution in [3.63, 3.8) is 0 Å². The zero-order valence-electron chi connectivity index (χ0n) is 19.9. The van der Waals surface area contributed by atoms with E-state index in [2.05, 4.69) is 10.6 Å². The van der Waals surface area contributed by atoms with Gasteiger partial charge < -0.3 is 14.8 Å². The van der Waals surface area contributed by atoms with Crippen molar-refractivity contribution in [1.29, 1.82) is 0 Å². The van der Waals surface area contributed by atoms with E-state index in [9.17, 15) is 18.0 Å². The van der Waals surface area contributed by atoms with Crippen LogP contribution in [0.4, 0.5) is 13.2 Å². The van der Waals surface area contributed by atoms with Gasteiger partial charge in [0.25, 0.3) is 0 Å². The van der Waals surface area contributed by atoms with Gasteiger partial charge in [-0.15, -0.1) is 0 Å². The Balaban J connectivity index is 1.91. The Labute approximate surface area is 203 Å². The summed E-state index contributed by atoms with van der Waals surface area (Å²) in [6.45, 7) is 0. The summed E-state index contributed by atoms with van der Waals surface area (Å²) in [5.41, 5.74) is 1.74. The second kappa shape index (κ2) is 11.8. The van der Waals surface area contributed by atoms with Crippen molar-refractivity contribution in [3.05, 3.63) is 95.1 Å². The molecular weight excluding hydrogens is 457 g/mol. The predicted octanol–water partition coefficient (Wildman–Crippen LogP) is 5.47. The molecule has 3 aromatic rings. The first-order valence-electron chi connectivity index (χ1n) is 11.2. The van der Waals surface area contributed by atoms with Crippen LogP contribution in [-0.2, 0) is 17.4 Å². The molecule has 0 aliphatic rings. The number of halogens is 3. The average molecular weight is 487 g/mol. The summed E-state index contributed by atoms with van der Waals surface area (Å²) in [7, 11) is 4.67. The van der Waals surface area contributed by atoms with Crippen LogP contribution in [0.5, 0.6) is 11.5 Å². The van der Waals surface area contributed by atoms with Crippen LogP contribution in [0, 0.1) is 0 Å². The molecule has 0 bridgehead atoms. The lowest BCUT2D eigenvalue weighted by atomic mass is 9.95. The number of methoxy groups -OCH3 is 2. The van der Waals surface area contributed by atoms with E-state index >= 15 is 0 Å². The number of carbonyl (C=O) groups excluding carboxylic acids is 1. The van der Waals surface area contributed by atoms with Gasteiger partial charge in [-0.3, -0.25) is 10.1 Å². The fraction of sp³-hybridized carbons (Fsp3) is 0.296. The summed E-state index contributed by atoms with van der Waals surface area (Å²) < 4.78 is 49.6. The highest BCUT2D eigenvalue weighted by atomic mass is 19.4. The molecule has 0 heterocycles. The van der Waals surface area contributed by atoms with E-state index in [1.807, 2.05) is 42.5 Å². The number of alkyl halides is 3. The second-order valence-corrected chi connectivity index (χ2v) is 8.02. The number of carbonyl (C=O) groups is 1. The molecule has 186 valence electrons. The standard InChI is InChI=1S/C27H29F3N2O3/c1-31-26(33)25(19-7-5-4-6-8-19)32-22(20-12-16-23(34-2)24(17-20)35-3)15-11-18-9-13-21(14-10-18)27(28,29)30/h4-10,12-14,16-17,22,25,32H,11,15H2,1-3H3,(H,31,33)/t22-,25+/m0/s1. The van der Waals surface area contributed by atoms with E-state index < -0.39 is 17.8 Å². The number of nitrogens with one attached hydrogen (secondary N) is 2. The summed E-state index contributed by atoms with van der Waals surface area (Å²) in [6.07, 6.45) is -3.35. The minimum atomic E-state index is -4.38. The van der Waals surface area contributed by atoms with Gasteiger partial charge in [-0.25, -0.2) is 0 Å². The third-order valence-corrected chi connectivity index (χ3v) is 5.82. The monoisotopic (exact) mass is 486 g/mol. The molecule has 1 amide bonds. The van der Waals surface area contributed by atoms with Crippen molar-refractivity contribution in [1.82, 2.24) is 10.6 Å². The molecule has 0 saturated heterocycles. The minimum absolute atomic E-state index is 0.198. The summed E-state index contributed by atoms with van der Waals surface area (Å²) in [6, 6.07) is 19.1. The van der Waals surface area contributed by atoms with Gasteiger partial charge in [-0.05, 0) is 53.8 Å². The molecule has 8 heteroatoms. The smallest absolute Gasteiger partial charge is 0.416 e. The maximum atomic E-state index is 12.9. The number of hydrogen-bond donors (Lipinski definition) is 2. The van der Waals surface area contributed by atoms with Gasteiger partial charge in [0.15, 0.2) is 11.5 Å². The SMILES string of the molecule is CNC(=O)[C@H](N[C@@H](CCc1ccc(C(F)(F)F)cc1)c1ccc(OC)c(OC)c1)c1ccccc1. The molecule has 0 radical (unpaired) electrons. The molecule has 2 atom stereocenters. The lowest BCUT2D eigenvalue weighted by molar-refractivity contribution is -0.137. The van der Waals surface area contributed by atoms with Gasteiger partial charge >= 0.3 is 6.18 Å². The van der Waals surface area contributed by atoms with Crippen molar-refractivity contribution in [2.45, 2.75) is 31.1 Å². The lowest BCUT2D eigenvalue weighted by Crippen LogP contribution is -2.38. The maximum Gasteiger partial charge on any atom is 0.416 e. The fourth-order valence-electron chi connectivity index (χ4n) is 3.90. The van der Waals surface area contributed by atoms with Crippen molar-refractivity contribution in [2.75, 3.05) is 21.3 Å². The largest absolute Gasteiger partial charge is 0.493 e. The Morgan fingerprint density at radius 3 is 2.11 bits per heavy atom. The van der Waals surface area contributed by atoms with Gasteiger partial charge in [0.2, 0.25) is 5.91 Å². The van der Waals surface area contributed by atoms with Crippen molar-refractivity contribution in [3.8, 4) is 11.5 Å². The Morgan fingerprint density at radius 2 is 1.54 bits per heavy atom. The van der Waals surface area contributed by atoms with Crippen LogP contribution < -0.4 is 20.1 Å². The Bertz CT molecular complexity index is 1100. The third kappa shape index (κ3) is 6.76. The molecule has 3 rings (SSSR count). The van der Waals surface area contributed by atoms with Crippen molar-refractivity contribution < 1.29 is 27.4 Å². The Hall–Kier alpha value is -3.52. The number of aryl methyl sites for hydroxylation is 1. The molecule has 35 heavy (non-hydrogen) atoms. The number of likely N-dealkylation sites (N-methyl/N-ethyl adjacent to an activating group) is 1. The molecule has 0 aliphatic heterocycles. The quantitative estimate of drug-likeness (QED) is 0.399. The van der Waals surface area contributed by atoms with Crippen LogP contribution in [0.25, 0.3) is 0 Å². The molecule has 0 aliphatic carbocycles. The molecule has 2 N–H and O–H groups in total. The van der Waals surface area contributed by atoms with E-state index in [1.165, 1.54) is 12.1 Å². The first-order chi connectivity index (χ1) is 16.8. The summed E-state index contributed by atoms with van der Waals surface area (Å²) in [5.74, 6) is 0.919. The number of hydrogen-bond acceptors (Lipinski definition) is 4. The first-order valence-corrected chi connectivity index (χ1v) is 11.2. The van der Waals surface area contributed by atoms with Crippen LogP contribution in [-0.4, -0.2) is 27.2 Å². The van der Waals surface area contributed by atoms with Gasteiger partial charge in [0, 0.05) is 13.1 Å². The van der Waals surface area contributed by atoms with Crippen molar-refractivity contribution in [2.24, 2.45) is 0 Å². The molecular formula is C27H29F3N2O3. The maximum absolute atomic E-state index is 12.9. The zero-order valence-corrected chi connectivity index (χ0v) is 19.9. The van der Waals surface area contributed by atoms with Crippen LogP contribution >= 0.6 is 0 Å². The van der Waals surface area contributed by atoms with Crippen LogP contribution in [0.15, 0.2) is 72.8 Å². The molecule has 3 aromatic carbocycles. The van der Waals surface area contributed by atoms with E-state index in [4.69, 9.17) is 9.47 Å². The topological polar surface area (TPSA) is 59.6 Å². The number of rotatable bonds is 10. The third-order valence-electron chi connectivity index (χ3n) is 5.82. The zero-order chi connectivity index (χ0) is 25.4. The molecule has 0 fully saturated rings. The summed E-state index contributed by atoms with van der Waals surface area (Å²) in [4.78, 5) is 12.8. The van der Waals surface area contributed by atoms with Crippen LogP contribution in [0.3, 0.4) is 0 Å². The lowest BCUT2D eigenvalue weighted by Gasteiger charge is -2.26. The van der Waals surface area contributed by atoms with Gasteiger partial charge in [-0.1, -0.05) is 48.5 Å². The molecule has 0 saturated carbocycles. The highest BCUT2D eigenvalue weighted by Gasteiger charge is 2.30. The molecule has 0 aromatic heterocycles. The van der Waals surface area contributed by atoms with Crippen LogP contribution in [0.2, 0.25) is 0 Å². The van der Waals surface area contributed by atoms with Gasteiger partial charge in [0.1, 0.15) is 6.04 Å². The Morgan fingerprint density at radius 1 is 0.886 bits per heavy atom. The second-order valence-electron chi connectivity index (χ2n) is 8.02. The van der Waals surface area contributed by atoms with Crippen molar-refractivity contribution >= 4 is 5.91 Å². The first kappa shape index (κ1) is 26.1. The number of ether oxygens (including phenoxy) is 2. The van der Waals surface area contributed by atoms with E-state index in [1.54, 1.807) is 27.3 Å². The summed E-state index contributed by atoms with van der Waals surface area (Å²) >= 11 is 0. The molecule has 0 unspecified atom stereocenters. The average Bonchev–Trinajstić information content (AvgIpc) is 2.88. The van der Waals surface area contributed by atoms with Gasteiger partial charge in [0.05, 0.1) is 19.8 Å². The predicted molar refractivity (Wildman–Crippen MR) is 128 cm³/mol. The van der Waals surface area contributed by atoms with E-state index in [0.717, 1.165) is 28.8 Å². The highest BCUT2D eigenvalue weighted by molar-refractivity contribution is 5.83. The highest BCUT2D eigenvalue weighted by Crippen LogP contribution is 2.33. The fourth-order valence-corrected chi connectivity index (χ4v) is 3.90. The van der Waals surface area contributed by atoms with Crippen LogP contribution in [0.1, 0.15) is 40.8 Å². The van der Waals surface area contributed by atoms with Gasteiger partial charge in [-0.2, -0.15) is 13.2 Å². The molecule has 5 nitrogen and oxygen atoms in total. The van der Waals surface area contributed by atoms with E-state index in [0.29, 0.717) is 24.3 Å². The Kier molecular flexibility index (Phi) is 8.76. The minimum Gasteiger partial charge on any atom is -0.493 e. The summed E-state index contributed by atoms with van der Waals surface area (Å²) in [5, 5.41) is 6.15. The normalized spacial score (nSPS) is 13.1.